The number of benzene rings is 1. The Morgan fingerprint density at radius 1 is 1.24 bits per heavy atom. The van der Waals surface area contributed by atoms with Gasteiger partial charge in [0.15, 0.2) is 0 Å². The van der Waals surface area contributed by atoms with E-state index in [1.54, 1.807) is 7.11 Å². The van der Waals surface area contributed by atoms with E-state index >= 15 is 0 Å². The zero-order chi connectivity index (χ0) is 12.4. The second kappa shape index (κ2) is 5.09. The molecule has 0 saturated heterocycles. The van der Waals surface area contributed by atoms with Crippen molar-refractivity contribution in [2.75, 3.05) is 14.2 Å². The maximum Gasteiger partial charge on any atom is 0.122 e. The summed E-state index contributed by atoms with van der Waals surface area (Å²) < 4.78 is 5.37. The maximum absolute atomic E-state index is 5.37. The van der Waals surface area contributed by atoms with E-state index in [2.05, 4.69) is 38.3 Å². The van der Waals surface area contributed by atoms with Gasteiger partial charge in [-0.3, -0.25) is 0 Å². The highest BCUT2D eigenvalue weighted by Crippen LogP contribution is 2.39. The molecule has 1 aromatic rings. The average Bonchev–Trinajstić information content (AvgIpc) is 2.26. The van der Waals surface area contributed by atoms with Crippen LogP contribution in [0.15, 0.2) is 12.1 Å². The van der Waals surface area contributed by atoms with Crippen LogP contribution >= 0.6 is 0 Å². The first-order chi connectivity index (χ1) is 8.17. The lowest BCUT2D eigenvalue weighted by molar-refractivity contribution is 0.238. The molecule has 0 aromatic heterocycles. The van der Waals surface area contributed by atoms with E-state index in [4.69, 9.17) is 4.74 Å². The Bertz CT molecular complexity index is 396. The third kappa shape index (κ3) is 2.32. The van der Waals surface area contributed by atoms with Gasteiger partial charge in [0, 0.05) is 6.04 Å². The van der Waals surface area contributed by atoms with Crippen LogP contribution in [0.25, 0.3) is 0 Å². The quantitative estimate of drug-likeness (QED) is 0.861. The van der Waals surface area contributed by atoms with Crippen molar-refractivity contribution in [1.82, 2.24) is 5.32 Å². The molecule has 94 valence electrons. The fourth-order valence-corrected chi connectivity index (χ4v) is 2.79. The summed E-state index contributed by atoms with van der Waals surface area (Å²) in [5.41, 5.74) is 4.00. The van der Waals surface area contributed by atoms with E-state index in [9.17, 15) is 0 Å². The Morgan fingerprint density at radius 3 is 2.41 bits per heavy atom. The van der Waals surface area contributed by atoms with Gasteiger partial charge in [0.05, 0.1) is 7.11 Å². The van der Waals surface area contributed by atoms with Gasteiger partial charge < -0.3 is 10.1 Å². The van der Waals surface area contributed by atoms with E-state index in [0.29, 0.717) is 6.04 Å². The molecule has 0 heterocycles. The number of aryl methyl sites for hydroxylation is 2. The summed E-state index contributed by atoms with van der Waals surface area (Å²) in [6, 6.07) is 4.95. The summed E-state index contributed by atoms with van der Waals surface area (Å²) in [5.74, 6) is 1.81. The molecule has 1 fully saturated rings. The van der Waals surface area contributed by atoms with Gasteiger partial charge in [-0.1, -0.05) is 12.5 Å². The first-order valence-electron chi connectivity index (χ1n) is 6.49. The molecule has 2 heteroatoms. The molecule has 0 spiro atoms. The van der Waals surface area contributed by atoms with Crippen LogP contribution in [0.5, 0.6) is 5.75 Å². The first kappa shape index (κ1) is 12.4. The SMILES string of the molecule is CNC(c1cc(C)c(OC)cc1C)C1CCC1. The van der Waals surface area contributed by atoms with Crippen molar-refractivity contribution in [2.24, 2.45) is 5.92 Å². The summed E-state index contributed by atoms with van der Waals surface area (Å²) in [5, 5.41) is 3.48. The normalized spacial score (nSPS) is 17.6. The molecule has 2 rings (SSSR count). The van der Waals surface area contributed by atoms with Gasteiger partial charge in [0.25, 0.3) is 0 Å². The first-order valence-corrected chi connectivity index (χ1v) is 6.49. The second-order valence-electron chi connectivity index (χ2n) is 5.14. The van der Waals surface area contributed by atoms with Gasteiger partial charge in [-0.15, -0.1) is 0 Å². The van der Waals surface area contributed by atoms with Crippen LogP contribution in [0.2, 0.25) is 0 Å². The highest BCUT2D eigenvalue weighted by molar-refractivity contribution is 5.43. The topological polar surface area (TPSA) is 21.3 Å². The number of nitrogens with one attached hydrogen (secondary N) is 1. The molecule has 1 saturated carbocycles. The minimum absolute atomic E-state index is 0.508. The molecule has 2 nitrogen and oxygen atoms in total. The molecule has 1 unspecified atom stereocenters. The molecule has 1 aliphatic carbocycles. The lowest BCUT2D eigenvalue weighted by Crippen LogP contribution is -2.30. The molecular weight excluding hydrogens is 210 g/mol. The molecule has 1 atom stereocenters. The Morgan fingerprint density at radius 2 is 1.94 bits per heavy atom. The molecule has 0 amide bonds. The van der Waals surface area contributed by atoms with Crippen molar-refractivity contribution >= 4 is 0 Å². The van der Waals surface area contributed by atoms with Crippen LogP contribution in [-0.2, 0) is 0 Å². The summed E-state index contributed by atoms with van der Waals surface area (Å²) in [4.78, 5) is 0. The average molecular weight is 233 g/mol. The second-order valence-corrected chi connectivity index (χ2v) is 5.14. The van der Waals surface area contributed by atoms with Crippen LogP contribution in [0.1, 0.15) is 42.0 Å². The molecular formula is C15H23NO. The largest absolute Gasteiger partial charge is 0.496 e. The Labute approximate surface area is 104 Å². The van der Waals surface area contributed by atoms with E-state index < -0.39 is 0 Å². The highest BCUT2D eigenvalue weighted by Gasteiger charge is 2.28. The molecule has 17 heavy (non-hydrogen) atoms. The van der Waals surface area contributed by atoms with Gasteiger partial charge in [-0.05, 0) is 62.4 Å². The summed E-state index contributed by atoms with van der Waals surface area (Å²) in [6.07, 6.45) is 4.10. The van der Waals surface area contributed by atoms with Crippen LogP contribution in [0, 0.1) is 19.8 Å². The van der Waals surface area contributed by atoms with Gasteiger partial charge in [-0.25, -0.2) is 0 Å². The Kier molecular flexibility index (Phi) is 3.72. The van der Waals surface area contributed by atoms with Gasteiger partial charge in [0.2, 0.25) is 0 Å². The van der Waals surface area contributed by atoms with Crippen molar-refractivity contribution in [3.8, 4) is 5.75 Å². The van der Waals surface area contributed by atoms with Crippen molar-refractivity contribution in [3.05, 3.63) is 28.8 Å². The highest BCUT2D eigenvalue weighted by atomic mass is 16.5. The number of rotatable bonds is 4. The van der Waals surface area contributed by atoms with Gasteiger partial charge in [0.1, 0.15) is 5.75 Å². The van der Waals surface area contributed by atoms with Crippen molar-refractivity contribution in [3.63, 3.8) is 0 Å². The van der Waals surface area contributed by atoms with E-state index in [1.807, 2.05) is 0 Å². The van der Waals surface area contributed by atoms with Crippen LogP contribution in [-0.4, -0.2) is 14.2 Å². The number of ether oxygens (including phenoxy) is 1. The van der Waals surface area contributed by atoms with E-state index in [1.165, 1.54) is 36.0 Å². The standard InChI is InChI=1S/C15H23NO/c1-10-9-14(17-4)11(2)8-13(10)15(16-3)12-6-5-7-12/h8-9,12,15-16H,5-7H2,1-4H3. The Hall–Kier alpha value is -1.02. The van der Waals surface area contributed by atoms with Crippen molar-refractivity contribution < 1.29 is 4.74 Å². The fraction of sp³-hybridized carbons (Fsp3) is 0.600. The zero-order valence-corrected chi connectivity index (χ0v) is 11.3. The van der Waals surface area contributed by atoms with E-state index in [0.717, 1.165) is 11.7 Å². The minimum atomic E-state index is 0.508. The van der Waals surface area contributed by atoms with Crippen molar-refractivity contribution in [2.45, 2.75) is 39.2 Å². The lowest BCUT2D eigenvalue weighted by Gasteiger charge is -2.35. The number of hydrogen-bond acceptors (Lipinski definition) is 2. The lowest BCUT2D eigenvalue weighted by atomic mass is 9.76. The fourth-order valence-electron chi connectivity index (χ4n) is 2.79. The van der Waals surface area contributed by atoms with Crippen LogP contribution < -0.4 is 10.1 Å². The molecule has 1 N–H and O–H groups in total. The van der Waals surface area contributed by atoms with E-state index in [-0.39, 0.29) is 0 Å². The number of hydrogen-bond donors (Lipinski definition) is 1. The summed E-state index contributed by atoms with van der Waals surface area (Å²) >= 11 is 0. The van der Waals surface area contributed by atoms with Crippen LogP contribution in [0.4, 0.5) is 0 Å². The predicted octanol–water partition coefficient (Wildman–Crippen LogP) is 3.37. The minimum Gasteiger partial charge on any atom is -0.496 e. The third-order valence-electron chi connectivity index (χ3n) is 4.05. The molecule has 0 radical (unpaired) electrons. The Balaban J connectivity index is 2.32. The summed E-state index contributed by atoms with van der Waals surface area (Å²) in [7, 11) is 3.81. The van der Waals surface area contributed by atoms with Crippen molar-refractivity contribution in [1.29, 1.82) is 0 Å². The van der Waals surface area contributed by atoms with Gasteiger partial charge >= 0.3 is 0 Å². The third-order valence-corrected chi connectivity index (χ3v) is 4.05. The van der Waals surface area contributed by atoms with Gasteiger partial charge in [-0.2, -0.15) is 0 Å². The molecule has 0 aliphatic heterocycles. The van der Waals surface area contributed by atoms with Crippen LogP contribution in [0.3, 0.4) is 0 Å². The molecule has 1 aliphatic rings. The maximum atomic E-state index is 5.37. The summed E-state index contributed by atoms with van der Waals surface area (Å²) in [6.45, 7) is 4.30. The smallest absolute Gasteiger partial charge is 0.122 e. The molecule has 0 bridgehead atoms. The zero-order valence-electron chi connectivity index (χ0n) is 11.3. The molecule has 1 aromatic carbocycles. The number of methoxy groups -OCH3 is 1. The monoisotopic (exact) mass is 233 g/mol. The predicted molar refractivity (Wildman–Crippen MR) is 71.6 cm³/mol.